The number of anilines is 1. The van der Waals surface area contributed by atoms with Crippen molar-refractivity contribution in [2.24, 2.45) is 0 Å². The molecule has 90 valence electrons. The third-order valence-corrected chi connectivity index (χ3v) is 2.49. The van der Waals surface area contributed by atoms with Crippen molar-refractivity contribution >= 4 is 5.69 Å². The van der Waals surface area contributed by atoms with Crippen LogP contribution in [0.4, 0.5) is 10.1 Å². The number of para-hydroxylation sites is 1. The Balaban J connectivity index is 2.26. The van der Waals surface area contributed by atoms with E-state index in [4.69, 9.17) is 10.5 Å². The fourth-order valence-corrected chi connectivity index (χ4v) is 1.56. The molecule has 0 aliphatic carbocycles. The average Bonchev–Trinajstić information content (AvgIpc) is 2.26. The highest BCUT2D eigenvalue weighted by Crippen LogP contribution is 2.24. The van der Waals surface area contributed by atoms with Gasteiger partial charge in [-0.2, -0.15) is 0 Å². The maximum absolute atomic E-state index is 13.3. The number of rotatable bonds is 7. The Morgan fingerprint density at radius 1 is 1.19 bits per heavy atom. The van der Waals surface area contributed by atoms with Crippen LogP contribution in [0.1, 0.15) is 39.0 Å². The molecule has 0 fully saturated rings. The van der Waals surface area contributed by atoms with E-state index in [0.717, 1.165) is 12.8 Å². The predicted molar refractivity (Wildman–Crippen MR) is 65.1 cm³/mol. The van der Waals surface area contributed by atoms with Gasteiger partial charge >= 0.3 is 0 Å². The molecule has 0 amide bonds. The lowest BCUT2D eigenvalue weighted by atomic mass is 10.2. The number of ether oxygens (including phenoxy) is 1. The third-order valence-electron chi connectivity index (χ3n) is 2.49. The molecule has 0 saturated heterocycles. The van der Waals surface area contributed by atoms with Crippen LogP contribution in [-0.4, -0.2) is 6.61 Å². The molecule has 0 spiro atoms. The summed E-state index contributed by atoms with van der Waals surface area (Å²) in [5, 5.41) is 0. The molecule has 1 rings (SSSR count). The van der Waals surface area contributed by atoms with Gasteiger partial charge in [0.25, 0.3) is 0 Å². The molecule has 2 N–H and O–H groups in total. The zero-order chi connectivity index (χ0) is 11.8. The van der Waals surface area contributed by atoms with Crippen LogP contribution in [0.15, 0.2) is 18.2 Å². The van der Waals surface area contributed by atoms with Crippen LogP contribution in [-0.2, 0) is 0 Å². The summed E-state index contributed by atoms with van der Waals surface area (Å²) in [7, 11) is 0. The first-order chi connectivity index (χ1) is 7.75. The number of hydrogen-bond donors (Lipinski definition) is 1. The molecule has 1 aromatic rings. The van der Waals surface area contributed by atoms with Crippen LogP contribution >= 0.6 is 0 Å². The first-order valence-corrected chi connectivity index (χ1v) is 5.92. The Morgan fingerprint density at radius 2 is 1.94 bits per heavy atom. The molecular weight excluding hydrogens is 205 g/mol. The van der Waals surface area contributed by atoms with Crippen LogP contribution in [0.25, 0.3) is 0 Å². The van der Waals surface area contributed by atoms with Gasteiger partial charge in [0.1, 0.15) is 0 Å². The third kappa shape index (κ3) is 4.09. The molecule has 0 aliphatic rings. The zero-order valence-corrected chi connectivity index (χ0v) is 9.84. The Bertz CT molecular complexity index is 295. The van der Waals surface area contributed by atoms with Crippen molar-refractivity contribution in [2.75, 3.05) is 12.3 Å². The molecule has 0 aliphatic heterocycles. The minimum Gasteiger partial charge on any atom is -0.488 e. The summed E-state index contributed by atoms with van der Waals surface area (Å²) < 4.78 is 18.6. The second-order valence-electron chi connectivity index (χ2n) is 3.92. The fourth-order valence-electron chi connectivity index (χ4n) is 1.56. The fraction of sp³-hybridized carbons (Fsp3) is 0.538. The Labute approximate surface area is 96.6 Å². The lowest BCUT2D eigenvalue weighted by molar-refractivity contribution is 0.292. The van der Waals surface area contributed by atoms with Crippen molar-refractivity contribution in [3.05, 3.63) is 24.0 Å². The lowest BCUT2D eigenvalue weighted by Crippen LogP contribution is -2.02. The van der Waals surface area contributed by atoms with Crippen molar-refractivity contribution in [3.8, 4) is 5.75 Å². The van der Waals surface area contributed by atoms with Gasteiger partial charge in [-0.3, -0.25) is 0 Å². The normalized spacial score (nSPS) is 10.4. The van der Waals surface area contributed by atoms with E-state index < -0.39 is 0 Å². The summed E-state index contributed by atoms with van der Waals surface area (Å²) in [6, 6.07) is 4.59. The number of benzene rings is 1. The van der Waals surface area contributed by atoms with Crippen LogP contribution < -0.4 is 10.5 Å². The Morgan fingerprint density at radius 3 is 2.62 bits per heavy atom. The highest BCUT2D eigenvalue weighted by atomic mass is 19.1. The van der Waals surface area contributed by atoms with Crippen molar-refractivity contribution in [1.29, 1.82) is 0 Å². The van der Waals surface area contributed by atoms with Gasteiger partial charge in [0.2, 0.25) is 0 Å². The molecule has 1 aromatic carbocycles. The molecule has 0 radical (unpaired) electrons. The smallest absolute Gasteiger partial charge is 0.177 e. The minimum atomic E-state index is -0.381. The molecule has 0 unspecified atom stereocenters. The first-order valence-electron chi connectivity index (χ1n) is 5.92. The molecule has 0 saturated carbocycles. The number of hydrogen-bond acceptors (Lipinski definition) is 2. The number of nitrogen functional groups attached to an aromatic ring is 1. The van der Waals surface area contributed by atoms with Crippen LogP contribution in [0.3, 0.4) is 0 Å². The molecule has 0 heterocycles. The molecule has 0 aromatic heterocycles. The van der Waals surface area contributed by atoms with Gasteiger partial charge in [-0.15, -0.1) is 0 Å². The van der Waals surface area contributed by atoms with Crippen molar-refractivity contribution in [1.82, 2.24) is 0 Å². The predicted octanol–water partition coefficient (Wildman–Crippen LogP) is 3.76. The van der Waals surface area contributed by atoms with E-state index in [0.29, 0.717) is 12.3 Å². The van der Waals surface area contributed by atoms with E-state index >= 15 is 0 Å². The maximum Gasteiger partial charge on any atom is 0.177 e. The van der Waals surface area contributed by atoms with E-state index in [2.05, 4.69) is 6.92 Å². The van der Waals surface area contributed by atoms with E-state index in [9.17, 15) is 4.39 Å². The van der Waals surface area contributed by atoms with E-state index in [-0.39, 0.29) is 11.6 Å². The van der Waals surface area contributed by atoms with Crippen LogP contribution in [0.2, 0.25) is 0 Å². The summed E-state index contributed by atoms with van der Waals surface area (Å²) in [4.78, 5) is 0. The number of nitrogens with two attached hydrogens (primary N) is 1. The minimum absolute atomic E-state index is 0.193. The van der Waals surface area contributed by atoms with Gasteiger partial charge in [0.05, 0.1) is 12.3 Å². The summed E-state index contributed by atoms with van der Waals surface area (Å²) in [5.74, 6) is -0.188. The van der Waals surface area contributed by atoms with Crippen molar-refractivity contribution < 1.29 is 9.13 Å². The molecule has 2 nitrogen and oxygen atoms in total. The Kier molecular flexibility index (Phi) is 5.68. The molecule has 3 heteroatoms. The second kappa shape index (κ2) is 7.09. The van der Waals surface area contributed by atoms with Crippen molar-refractivity contribution in [2.45, 2.75) is 39.0 Å². The highest BCUT2D eigenvalue weighted by molar-refractivity contribution is 5.52. The summed E-state index contributed by atoms with van der Waals surface area (Å²) >= 11 is 0. The van der Waals surface area contributed by atoms with E-state index in [1.807, 2.05) is 0 Å². The van der Waals surface area contributed by atoms with Crippen LogP contribution in [0, 0.1) is 5.82 Å². The van der Waals surface area contributed by atoms with Gasteiger partial charge in [0.15, 0.2) is 11.6 Å². The summed E-state index contributed by atoms with van der Waals surface area (Å²) in [6.45, 7) is 2.71. The van der Waals surface area contributed by atoms with Gasteiger partial charge in [-0.05, 0) is 18.6 Å². The summed E-state index contributed by atoms with van der Waals surface area (Å²) in [5.41, 5.74) is 5.99. The largest absolute Gasteiger partial charge is 0.488 e. The van der Waals surface area contributed by atoms with E-state index in [1.165, 1.54) is 25.3 Å². The second-order valence-corrected chi connectivity index (χ2v) is 3.92. The SMILES string of the molecule is CCCCCCCOc1c(N)cccc1F. The van der Waals surface area contributed by atoms with Gasteiger partial charge < -0.3 is 10.5 Å². The number of halogens is 1. The van der Waals surface area contributed by atoms with Gasteiger partial charge in [-0.1, -0.05) is 38.7 Å². The zero-order valence-electron chi connectivity index (χ0n) is 9.84. The first kappa shape index (κ1) is 12.8. The van der Waals surface area contributed by atoms with Crippen LogP contribution in [0.5, 0.6) is 5.75 Å². The average molecular weight is 225 g/mol. The summed E-state index contributed by atoms with van der Waals surface area (Å²) in [6.07, 6.45) is 5.77. The highest BCUT2D eigenvalue weighted by Gasteiger charge is 2.06. The maximum atomic E-state index is 13.3. The van der Waals surface area contributed by atoms with Gasteiger partial charge in [0, 0.05) is 0 Å². The molecular formula is C13H20FNO. The molecule has 0 bridgehead atoms. The number of unbranched alkanes of at least 4 members (excludes halogenated alkanes) is 4. The topological polar surface area (TPSA) is 35.2 Å². The lowest BCUT2D eigenvalue weighted by Gasteiger charge is -2.09. The quantitative estimate of drug-likeness (QED) is 0.566. The van der Waals surface area contributed by atoms with E-state index in [1.54, 1.807) is 12.1 Å². The molecule has 16 heavy (non-hydrogen) atoms. The molecule has 0 atom stereocenters. The standard InChI is InChI=1S/C13H20FNO/c1-2-3-4-5-6-10-16-13-11(14)8-7-9-12(13)15/h7-9H,2-6,10,15H2,1H3. The van der Waals surface area contributed by atoms with Gasteiger partial charge in [-0.25, -0.2) is 4.39 Å². The Hall–Kier alpha value is -1.25. The van der Waals surface area contributed by atoms with Crippen molar-refractivity contribution in [3.63, 3.8) is 0 Å². The monoisotopic (exact) mass is 225 g/mol.